The van der Waals surface area contributed by atoms with E-state index in [4.69, 9.17) is 9.84 Å². The highest BCUT2D eigenvalue weighted by molar-refractivity contribution is 5.94. The molecule has 1 aliphatic rings. The SMILES string of the molecule is O=C(Nc1ccc(CO)cc1)C1CNCCO1. The van der Waals surface area contributed by atoms with Crippen LogP contribution in [-0.2, 0) is 16.1 Å². The van der Waals surface area contributed by atoms with Crippen LogP contribution in [0.2, 0.25) is 0 Å². The van der Waals surface area contributed by atoms with E-state index >= 15 is 0 Å². The molecule has 2 rings (SSSR count). The lowest BCUT2D eigenvalue weighted by Crippen LogP contribution is -2.45. The van der Waals surface area contributed by atoms with Crippen molar-refractivity contribution in [2.45, 2.75) is 12.7 Å². The largest absolute Gasteiger partial charge is 0.392 e. The van der Waals surface area contributed by atoms with Gasteiger partial charge in [-0.3, -0.25) is 4.79 Å². The van der Waals surface area contributed by atoms with Crippen LogP contribution in [0.25, 0.3) is 0 Å². The molecule has 5 heteroatoms. The van der Waals surface area contributed by atoms with E-state index in [1.54, 1.807) is 24.3 Å². The number of nitrogens with one attached hydrogen (secondary N) is 2. The second-order valence-corrected chi connectivity index (χ2v) is 3.91. The van der Waals surface area contributed by atoms with Crippen LogP contribution in [0.3, 0.4) is 0 Å². The Balaban J connectivity index is 1.92. The number of benzene rings is 1. The first-order valence-electron chi connectivity index (χ1n) is 5.62. The number of hydrogen-bond donors (Lipinski definition) is 3. The third-order valence-corrected chi connectivity index (χ3v) is 2.62. The Morgan fingerprint density at radius 2 is 2.24 bits per heavy atom. The molecule has 1 heterocycles. The molecular weight excluding hydrogens is 220 g/mol. The van der Waals surface area contributed by atoms with Crippen molar-refractivity contribution in [2.75, 3.05) is 25.0 Å². The summed E-state index contributed by atoms with van der Waals surface area (Å²) >= 11 is 0. The first-order valence-corrected chi connectivity index (χ1v) is 5.62. The van der Waals surface area contributed by atoms with Gasteiger partial charge in [0.05, 0.1) is 13.2 Å². The van der Waals surface area contributed by atoms with E-state index in [1.165, 1.54) is 0 Å². The molecule has 1 aromatic rings. The fourth-order valence-corrected chi connectivity index (χ4v) is 1.65. The van der Waals surface area contributed by atoms with Gasteiger partial charge in [-0.2, -0.15) is 0 Å². The highest BCUT2D eigenvalue weighted by atomic mass is 16.5. The molecule has 17 heavy (non-hydrogen) atoms. The number of aliphatic hydroxyl groups excluding tert-OH is 1. The normalized spacial score (nSPS) is 19.9. The number of ether oxygens (including phenoxy) is 1. The number of amides is 1. The van der Waals surface area contributed by atoms with E-state index in [1.807, 2.05) is 0 Å². The summed E-state index contributed by atoms with van der Waals surface area (Å²) in [6.07, 6.45) is -0.429. The molecular formula is C12H16N2O3. The fourth-order valence-electron chi connectivity index (χ4n) is 1.65. The van der Waals surface area contributed by atoms with Gasteiger partial charge in [0.1, 0.15) is 6.10 Å². The number of carbonyl (C=O) groups excluding carboxylic acids is 1. The lowest BCUT2D eigenvalue weighted by Gasteiger charge is -2.22. The van der Waals surface area contributed by atoms with Gasteiger partial charge in [0.2, 0.25) is 0 Å². The van der Waals surface area contributed by atoms with Crippen LogP contribution in [0.1, 0.15) is 5.56 Å². The molecule has 3 N–H and O–H groups in total. The van der Waals surface area contributed by atoms with E-state index in [9.17, 15) is 4.79 Å². The summed E-state index contributed by atoms with van der Waals surface area (Å²) in [4.78, 5) is 11.8. The summed E-state index contributed by atoms with van der Waals surface area (Å²) in [6.45, 7) is 1.89. The Hall–Kier alpha value is -1.43. The molecule has 1 atom stereocenters. The maximum absolute atomic E-state index is 11.8. The minimum Gasteiger partial charge on any atom is -0.392 e. The smallest absolute Gasteiger partial charge is 0.254 e. The average Bonchev–Trinajstić information content (AvgIpc) is 2.40. The summed E-state index contributed by atoms with van der Waals surface area (Å²) < 4.78 is 5.34. The maximum Gasteiger partial charge on any atom is 0.254 e. The van der Waals surface area contributed by atoms with E-state index in [0.29, 0.717) is 18.8 Å². The van der Waals surface area contributed by atoms with Gasteiger partial charge in [-0.25, -0.2) is 0 Å². The molecule has 0 aromatic heterocycles. The summed E-state index contributed by atoms with van der Waals surface area (Å²) in [5.41, 5.74) is 1.53. The fraction of sp³-hybridized carbons (Fsp3) is 0.417. The Morgan fingerprint density at radius 3 is 2.82 bits per heavy atom. The van der Waals surface area contributed by atoms with Crippen molar-refractivity contribution in [2.24, 2.45) is 0 Å². The second kappa shape index (κ2) is 5.77. The molecule has 0 spiro atoms. The molecule has 1 amide bonds. The maximum atomic E-state index is 11.8. The predicted molar refractivity (Wildman–Crippen MR) is 63.6 cm³/mol. The Labute approximate surface area is 99.8 Å². The molecule has 1 fully saturated rings. The van der Waals surface area contributed by atoms with Crippen molar-refractivity contribution in [1.82, 2.24) is 5.32 Å². The van der Waals surface area contributed by atoms with Crippen LogP contribution in [0.4, 0.5) is 5.69 Å². The minimum absolute atomic E-state index is 0.00385. The van der Waals surface area contributed by atoms with Crippen LogP contribution in [0.5, 0.6) is 0 Å². The predicted octanol–water partition coefficient (Wildman–Crippen LogP) is 0.106. The molecule has 1 aliphatic heterocycles. The monoisotopic (exact) mass is 236 g/mol. The molecule has 0 radical (unpaired) electrons. The first-order chi connectivity index (χ1) is 8.29. The van der Waals surface area contributed by atoms with E-state index in [0.717, 1.165) is 12.1 Å². The van der Waals surface area contributed by atoms with Gasteiger partial charge in [-0.15, -0.1) is 0 Å². The third-order valence-electron chi connectivity index (χ3n) is 2.62. The van der Waals surface area contributed by atoms with Crippen LogP contribution >= 0.6 is 0 Å². The summed E-state index contributed by atoms with van der Waals surface area (Å²) in [5.74, 6) is -0.144. The molecule has 1 saturated heterocycles. The van der Waals surface area contributed by atoms with Crippen LogP contribution in [0, 0.1) is 0 Å². The van der Waals surface area contributed by atoms with Gasteiger partial charge in [-0.1, -0.05) is 12.1 Å². The topological polar surface area (TPSA) is 70.6 Å². The van der Waals surface area contributed by atoms with Gasteiger partial charge in [0.25, 0.3) is 5.91 Å². The first kappa shape index (κ1) is 12.0. The van der Waals surface area contributed by atoms with E-state index in [2.05, 4.69) is 10.6 Å². The van der Waals surface area contributed by atoms with Gasteiger partial charge in [0, 0.05) is 18.8 Å². The number of rotatable bonds is 3. The Morgan fingerprint density at radius 1 is 1.47 bits per heavy atom. The highest BCUT2D eigenvalue weighted by Crippen LogP contribution is 2.10. The van der Waals surface area contributed by atoms with Crippen molar-refractivity contribution in [3.05, 3.63) is 29.8 Å². The van der Waals surface area contributed by atoms with Gasteiger partial charge in [0.15, 0.2) is 0 Å². The van der Waals surface area contributed by atoms with Crippen molar-refractivity contribution in [1.29, 1.82) is 0 Å². The Bertz CT molecular complexity index is 372. The zero-order valence-corrected chi connectivity index (χ0v) is 9.48. The molecule has 1 aromatic carbocycles. The van der Waals surface area contributed by atoms with Crippen molar-refractivity contribution in [3.63, 3.8) is 0 Å². The lowest BCUT2D eigenvalue weighted by atomic mass is 10.2. The van der Waals surface area contributed by atoms with Gasteiger partial charge >= 0.3 is 0 Å². The lowest BCUT2D eigenvalue weighted by molar-refractivity contribution is -0.128. The molecule has 0 bridgehead atoms. The number of aliphatic hydroxyl groups is 1. The zero-order valence-electron chi connectivity index (χ0n) is 9.48. The van der Waals surface area contributed by atoms with Crippen LogP contribution < -0.4 is 10.6 Å². The van der Waals surface area contributed by atoms with Crippen molar-refractivity contribution >= 4 is 11.6 Å². The third kappa shape index (κ3) is 3.26. The summed E-state index contributed by atoms with van der Waals surface area (Å²) in [5, 5.41) is 14.8. The van der Waals surface area contributed by atoms with Crippen LogP contribution in [0.15, 0.2) is 24.3 Å². The molecule has 1 unspecified atom stereocenters. The van der Waals surface area contributed by atoms with Crippen molar-refractivity contribution < 1.29 is 14.6 Å². The summed E-state index contributed by atoms with van der Waals surface area (Å²) in [6, 6.07) is 7.07. The number of carbonyl (C=O) groups is 1. The molecule has 0 aliphatic carbocycles. The van der Waals surface area contributed by atoms with Crippen molar-refractivity contribution in [3.8, 4) is 0 Å². The van der Waals surface area contributed by atoms with Crippen LogP contribution in [-0.4, -0.2) is 36.8 Å². The standard InChI is InChI=1S/C12H16N2O3/c15-8-9-1-3-10(4-2-9)14-12(16)11-7-13-5-6-17-11/h1-4,11,13,15H,5-8H2,(H,14,16). The average molecular weight is 236 g/mol. The molecule has 0 saturated carbocycles. The zero-order chi connectivity index (χ0) is 12.1. The number of hydrogen-bond acceptors (Lipinski definition) is 4. The Kier molecular flexibility index (Phi) is 4.08. The molecule has 92 valence electrons. The van der Waals surface area contributed by atoms with E-state index < -0.39 is 6.10 Å². The van der Waals surface area contributed by atoms with E-state index in [-0.39, 0.29) is 12.5 Å². The number of morpholine rings is 1. The second-order valence-electron chi connectivity index (χ2n) is 3.91. The van der Waals surface area contributed by atoms with Gasteiger partial charge < -0.3 is 20.5 Å². The summed E-state index contributed by atoms with van der Waals surface area (Å²) in [7, 11) is 0. The van der Waals surface area contributed by atoms with Gasteiger partial charge in [-0.05, 0) is 17.7 Å². The molecule has 5 nitrogen and oxygen atoms in total. The quantitative estimate of drug-likeness (QED) is 0.696. The number of anilines is 1. The highest BCUT2D eigenvalue weighted by Gasteiger charge is 2.21. The minimum atomic E-state index is -0.429.